The number of para-hydroxylation sites is 1. The molecule has 6 heteroatoms. The Balaban J connectivity index is 1.71. The van der Waals surface area contributed by atoms with Crippen molar-refractivity contribution in [3.63, 3.8) is 0 Å². The van der Waals surface area contributed by atoms with E-state index in [1.165, 1.54) is 5.56 Å². The van der Waals surface area contributed by atoms with Gasteiger partial charge >= 0.3 is 0 Å². The summed E-state index contributed by atoms with van der Waals surface area (Å²) in [5.74, 6) is 1.21. The van der Waals surface area contributed by atoms with E-state index in [2.05, 4.69) is 12.0 Å². The number of aryl methyl sites for hydroxylation is 2. The molecule has 24 heavy (non-hydrogen) atoms. The molecule has 4 rings (SSSR count). The molecule has 0 saturated carbocycles. The van der Waals surface area contributed by atoms with Crippen molar-refractivity contribution in [2.75, 3.05) is 13.3 Å². The van der Waals surface area contributed by atoms with Crippen LogP contribution in [0, 0.1) is 13.8 Å². The smallest absolute Gasteiger partial charge is 0.258 e. The van der Waals surface area contributed by atoms with Crippen LogP contribution >= 0.6 is 0 Å². The Morgan fingerprint density at radius 3 is 2.88 bits per heavy atom. The van der Waals surface area contributed by atoms with Crippen LogP contribution in [0.4, 0.5) is 0 Å². The van der Waals surface area contributed by atoms with E-state index >= 15 is 0 Å². The molecule has 0 bridgehead atoms. The summed E-state index contributed by atoms with van der Waals surface area (Å²) in [5.41, 5.74) is 3.87. The maximum atomic E-state index is 13.2. The number of carbonyl (C=O) groups is 1. The molecule has 0 N–H and O–H groups in total. The number of aromatic nitrogens is 2. The average Bonchev–Trinajstić information content (AvgIpc) is 3.26. The topological polar surface area (TPSA) is 56.6 Å². The molecule has 1 amide bonds. The minimum Gasteiger partial charge on any atom is -0.454 e. The zero-order valence-electron chi connectivity index (χ0n) is 14.2. The first-order valence-corrected chi connectivity index (χ1v) is 8.27. The van der Waals surface area contributed by atoms with Gasteiger partial charge in [0, 0.05) is 24.8 Å². The second kappa shape index (κ2) is 5.54. The number of rotatable bonds is 2. The lowest BCUT2D eigenvalue weighted by atomic mass is 10.0. The summed E-state index contributed by atoms with van der Waals surface area (Å²) in [7, 11) is 1.95. The molecule has 0 spiro atoms. The van der Waals surface area contributed by atoms with Crippen LogP contribution < -0.4 is 9.47 Å². The van der Waals surface area contributed by atoms with Crippen molar-refractivity contribution in [1.82, 2.24) is 14.7 Å². The molecule has 1 atom stereocenters. The first kappa shape index (κ1) is 15.1. The van der Waals surface area contributed by atoms with Gasteiger partial charge in [-0.1, -0.05) is 6.07 Å². The number of likely N-dealkylation sites (tertiary alicyclic amines) is 1. The van der Waals surface area contributed by atoms with Crippen molar-refractivity contribution in [2.24, 2.45) is 7.05 Å². The first-order valence-electron chi connectivity index (χ1n) is 8.27. The molecule has 0 unspecified atom stereocenters. The monoisotopic (exact) mass is 327 g/mol. The van der Waals surface area contributed by atoms with Crippen molar-refractivity contribution in [3.05, 3.63) is 40.7 Å². The van der Waals surface area contributed by atoms with Gasteiger partial charge in [-0.05, 0) is 38.8 Å². The highest BCUT2D eigenvalue weighted by Gasteiger charge is 2.36. The second-order valence-corrected chi connectivity index (χ2v) is 6.40. The molecule has 0 radical (unpaired) electrons. The Bertz CT molecular complexity index is 812. The standard InChI is InChI=1S/C18H21N3O3/c1-11-16(12(2)20(3)19-11)14-7-5-9-21(14)18(22)13-6-4-8-15-17(13)24-10-23-15/h4,6,8,14H,5,7,9-10H2,1-3H3/t14-/m0/s1. The van der Waals surface area contributed by atoms with Gasteiger partial charge in [0.2, 0.25) is 6.79 Å². The van der Waals surface area contributed by atoms with Crippen LogP contribution in [0.5, 0.6) is 11.5 Å². The minimum absolute atomic E-state index is 0.00232. The molecule has 2 aromatic rings. The van der Waals surface area contributed by atoms with Gasteiger partial charge in [0.15, 0.2) is 11.5 Å². The fourth-order valence-corrected chi connectivity index (χ4v) is 3.84. The number of fused-ring (bicyclic) bond motifs is 1. The molecule has 2 aliphatic rings. The van der Waals surface area contributed by atoms with Gasteiger partial charge in [-0.2, -0.15) is 5.10 Å². The van der Waals surface area contributed by atoms with Gasteiger partial charge in [0.05, 0.1) is 17.3 Å². The van der Waals surface area contributed by atoms with Crippen molar-refractivity contribution in [1.29, 1.82) is 0 Å². The first-order chi connectivity index (χ1) is 11.6. The number of ether oxygens (including phenoxy) is 2. The Labute approximate surface area is 141 Å². The van der Waals surface area contributed by atoms with Crippen molar-refractivity contribution in [2.45, 2.75) is 32.7 Å². The molecule has 1 aromatic heterocycles. The summed E-state index contributed by atoms with van der Waals surface area (Å²) in [6.45, 7) is 5.00. The lowest BCUT2D eigenvalue weighted by Crippen LogP contribution is -2.31. The predicted molar refractivity (Wildman–Crippen MR) is 88.3 cm³/mol. The quantitative estimate of drug-likeness (QED) is 0.851. The van der Waals surface area contributed by atoms with Crippen LogP contribution in [0.3, 0.4) is 0 Å². The highest BCUT2D eigenvalue weighted by Crippen LogP contribution is 2.40. The van der Waals surface area contributed by atoms with Gasteiger partial charge < -0.3 is 14.4 Å². The van der Waals surface area contributed by atoms with E-state index in [0.717, 1.165) is 30.8 Å². The van der Waals surface area contributed by atoms with E-state index in [4.69, 9.17) is 9.47 Å². The zero-order valence-corrected chi connectivity index (χ0v) is 14.2. The SMILES string of the molecule is Cc1nn(C)c(C)c1[C@@H]1CCCN1C(=O)c1cccc2c1OCO2. The van der Waals surface area contributed by atoms with E-state index in [-0.39, 0.29) is 18.7 Å². The minimum atomic E-state index is 0.00232. The third-order valence-electron chi connectivity index (χ3n) is 5.04. The fraction of sp³-hybridized carbons (Fsp3) is 0.444. The van der Waals surface area contributed by atoms with Gasteiger partial charge in [-0.3, -0.25) is 9.48 Å². The van der Waals surface area contributed by atoms with E-state index in [1.807, 2.05) is 41.8 Å². The largest absolute Gasteiger partial charge is 0.454 e. The number of nitrogens with zero attached hydrogens (tertiary/aromatic N) is 3. The number of carbonyl (C=O) groups excluding carboxylic acids is 1. The fourth-order valence-electron chi connectivity index (χ4n) is 3.84. The molecule has 6 nitrogen and oxygen atoms in total. The third-order valence-corrected chi connectivity index (χ3v) is 5.04. The summed E-state index contributed by atoms with van der Waals surface area (Å²) in [4.78, 5) is 15.1. The molecule has 0 aliphatic carbocycles. The molecule has 2 aliphatic heterocycles. The highest BCUT2D eigenvalue weighted by molar-refractivity contribution is 5.98. The van der Waals surface area contributed by atoms with Crippen LogP contribution in [-0.2, 0) is 7.05 Å². The number of amides is 1. The molecule has 1 fully saturated rings. The second-order valence-electron chi connectivity index (χ2n) is 6.40. The van der Waals surface area contributed by atoms with Gasteiger partial charge in [-0.15, -0.1) is 0 Å². The van der Waals surface area contributed by atoms with Crippen molar-refractivity contribution < 1.29 is 14.3 Å². The summed E-state index contributed by atoms with van der Waals surface area (Å²) < 4.78 is 12.8. The lowest BCUT2D eigenvalue weighted by Gasteiger charge is -2.26. The van der Waals surface area contributed by atoms with E-state index in [0.29, 0.717) is 17.1 Å². The summed E-state index contributed by atoms with van der Waals surface area (Å²) >= 11 is 0. The van der Waals surface area contributed by atoms with E-state index in [1.54, 1.807) is 0 Å². The zero-order chi connectivity index (χ0) is 16.8. The Morgan fingerprint density at radius 2 is 2.12 bits per heavy atom. The molecular weight excluding hydrogens is 306 g/mol. The van der Waals surface area contributed by atoms with Gasteiger partial charge in [-0.25, -0.2) is 0 Å². The summed E-state index contributed by atoms with van der Waals surface area (Å²) in [5, 5.41) is 4.51. The van der Waals surface area contributed by atoms with Crippen LogP contribution in [0.1, 0.15) is 46.2 Å². The third kappa shape index (κ3) is 2.17. The van der Waals surface area contributed by atoms with Crippen LogP contribution in [0.25, 0.3) is 0 Å². The normalized spacial score (nSPS) is 19.1. The lowest BCUT2D eigenvalue weighted by molar-refractivity contribution is 0.0730. The Kier molecular flexibility index (Phi) is 3.48. The molecular formula is C18H21N3O3. The van der Waals surface area contributed by atoms with Gasteiger partial charge in [0.25, 0.3) is 5.91 Å². The summed E-state index contributed by atoms with van der Waals surface area (Å²) in [6, 6.07) is 5.56. The van der Waals surface area contributed by atoms with Crippen molar-refractivity contribution >= 4 is 5.91 Å². The maximum Gasteiger partial charge on any atom is 0.258 e. The number of benzene rings is 1. The predicted octanol–water partition coefficient (Wildman–Crippen LogP) is 2.74. The highest BCUT2D eigenvalue weighted by atomic mass is 16.7. The van der Waals surface area contributed by atoms with Crippen LogP contribution in [0.2, 0.25) is 0 Å². The Morgan fingerprint density at radius 1 is 1.29 bits per heavy atom. The number of hydrogen-bond donors (Lipinski definition) is 0. The van der Waals surface area contributed by atoms with Gasteiger partial charge in [0.1, 0.15) is 0 Å². The Hall–Kier alpha value is -2.50. The molecule has 126 valence electrons. The number of hydrogen-bond acceptors (Lipinski definition) is 4. The van der Waals surface area contributed by atoms with Crippen LogP contribution in [-0.4, -0.2) is 33.9 Å². The molecule has 1 aromatic carbocycles. The van der Waals surface area contributed by atoms with E-state index in [9.17, 15) is 4.79 Å². The van der Waals surface area contributed by atoms with E-state index < -0.39 is 0 Å². The maximum absolute atomic E-state index is 13.2. The molecule has 3 heterocycles. The molecule has 1 saturated heterocycles. The average molecular weight is 327 g/mol. The van der Waals surface area contributed by atoms with Crippen LogP contribution in [0.15, 0.2) is 18.2 Å². The summed E-state index contributed by atoms with van der Waals surface area (Å²) in [6.07, 6.45) is 1.96. The van der Waals surface area contributed by atoms with Crippen molar-refractivity contribution in [3.8, 4) is 11.5 Å².